The van der Waals surface area contributed by atoms with E-state index in [4.69, 9.17) is 11.5 Å². The molecule has 3 atom stereocenters. The molecule has 2 saturated carbocycles. The van der Waals surface area contributed by atoms with Gasteiger partial charge in [-0.3, -0.25) is 4.98 Å². The highest BCUT2D eigenvalue weighted by Gasteiger charge is 2.59. The zero-order chi connectivity index (χ0) is 13.0. The van der Waals surface area contributed by atoms with Gasteiger partial charge in [0.05, 0.1) is 12.4 Å². The van der Waals surface area contributed by atoms with Gasteiger partial charge in [0, 0.05) is 19.1 Å². The average molecular weight is 259 g/mol. The normalized spacial score (nSPS) is 35.4. The maximum Gasteiger partial charge on any atom is 0.149 e. The minimum Gasteiger partial charge on any atom is -0.382 e. The van der Waals surface area contributed by atoms with Gasteiger partial charge in [0.25, 0.3) is 0 Å². The van der Waals surface area contributed by atoms with Crippen molar-refractivity contribution in [3.8, 4) is 0 Å². The molecule has 19 heavy (non-hydrogen) atoms. The first kappa shape index (κ1) is 11.5. The first-order valence-electron chi connectivity index (χ1n) is 7.26. The van der Waals surface area contributed by atoms with Crippen molar-refractivity contribution >= 4 is 11.6 Å². The number of fused-ring (bicyclic) bond motifs is 1. The Morgan fingerprint density at radius 3 is 2.68 bits per heavy atom. The highest BCUT2D eigenvalue weighted by atomic mass is 15.2. The van der Waals surface area contributed by atoms with Gasteiger partial charge in [-0.25, -0.2) is 4.98 Å². The summed E-state index contributed by atoms with van der Waals surface area (Å²) in [6.45, 7) is 2.07. The van der Waals surface area contributed by atoms with Gasteiger partial charge in [0.1, 0.15) is 11.6 Å². The van der Waals surface area contributed by atoms with Crippen LogP contribution in [0.1, 0.15) is 25.7 Å². The molecule has 2 unspecified atom stereocenters. The van der Waals surface area contributed by atoms with Crippen LogP contribution in [0.25, 0.3) is 0 Å². The van der Waals surface area contributed by atoms with E-state index in [1.54, 1.807) is 12.4 Å². The molecule has 102 valence electrons. The van der Waals surface area contributed by atoms with Crippen molar-refractivity contribution in [3.63, 3.8) is 0 Å². The highest BCUT2D eigenvalue weighted by Crippen LogP contribution is 2.62. The number of piperidine rings is 1. The highest BCUT2D eigenvalue weighted by molar-refractivity contribution is 5.42. The lowest BCUT2D eigenvalue weighted by molar-refractivity contribution is 0.172. The zero-order valence-corrected chi connectivity index (χ0v) is 11.1. The topological polar surface area (TPSA) is 81.1 Å². The van der Waals surface area contributed by atoms with Crippen LogP contribution < -0.4 is 16.4 Å². The fourth-order valence-electron chi connectivity index (χ4n) is 4.30. The lowest BCUT2D eigenvalue weighted by Gasteiger charge is -2.43. The fraction of sp³-hybridized carbons (Fsp3) is 0.714. The summed E-state index contributed by atoms with van der Waals surface area (Å²) in [6, 6.07) is 0.437. The first-order valence-corrected chi connectivity index (χ1v) is 7.26. The molecule has 1 aliphatic heterocycles. The van der Waals surface area contributed by atoms with Crippen molar-refractivity contribution in [1.82, 2.24) is 9.97 Å². The number of rotatable bonds is 1. The predicted octanol–water partition coefficient (Wildman–Crippen LogP) is 1.01. The van der Waals surface area contributed by atoms with Crippen molar-refractivity contribution in [3.05, 3.63) is 12.4 Å². The molecular weight excluding hydrogens is 238 g/mol. The summed E-state index contributed by atoms with van der Waals surface area (Å²) in [6.07, 6.45) is 8.52. The predicted molar refractivity (Wildman–Crippen MR) is 74.5 cm³/mol. The van der Waals surface area contributed by atoms with Gasteiger partial charge >= 0.3 is 0 Å². The van der Waals surface area contributed by atoms with Crippen LogP contribution >= 0.6 is 0 Å². The van der Waals surface area contributed by atoms with Crippen LogP contribution in [0.3, 0.4) is 0 Å². The van der Waals surface area contributed by atoms with E-state index in [9.17, 15) is 0 Å². The van der Waals surface area contributed by atoms with E-state index in [0.29, 0.717) is 17.3 Å². The third-order valence-electron chi connectivity index (χ3n) is 5.54. The van der Waals surface area contributed by atoms with Gasteiger partial charge in [0.2, 0.25) is 0 Å². The van der Waals surface area contributed by atoms with Gasteiger partial charge in [-0.2, -0.15) is 0 Å². The molecule has 0 bridgehead atoms. The number of anilines is 2. The average Bonchev–Trinajstić information content (AvgIpc) is 3.12. The molecule has 1 aromatic rings. The van der Waals surface area contributed by atoms with Crippen molar-refractivity contribution in [1.29, 1.82) is 0 Å². The Hall–Kier alpha value is -1.36. The molecular formula is C14H21N5. The maximum atomic E-state index is 6.47. The Morgan fingerprint density at radius 1 is 1.26 bits per heavy atom. The number of nitrogen functional groups attached to an aromatic ring is 1. The molecule has 0 aromatic carbocycles. The van der Waals surface area contributed by atoms with Gasteiger partial charge in [-0.05, 0) is 42.9 Å². The van der Waals surface area contributed by atoms with Crippen LogP contribution in [0.5, 0.6) is 0 Å². The molecule has 0 amide bonds. The van der Waals surface area contributed by atoms with Crippen LogP contribution in [-0.4, -0.2) is 29.1 Å². The van der Waals surface area contributed by atoms with Crippen LogP contribution in [0.2, 0.25) is 0 Å². The van der Waals surface area contributed by atoms with Gasteiger partial charge in [-0.15, -0.1) is 0 Å². The van der Waals surface area contributed by atoms with E-state index in [2.05, 4.69) is 14.9 Å². The van der Waals surface area contributed by atoms with E-state index in [1.807, 2.05) is 0 Å². The van der Waals surface area contributed by atoms with Gasteiger partial charge < -0.3 is 16.4 Å². The SMILES string of the molecule is Nc1cncc(N2CCC3(CC2)CC2CC2[C@H]3N)n1. The molecule has 5 nitrogen and oxygen atoms in total. The van der Waals surface area contributed by atoms with Crippen LogP contribution in [0.15, 0.2) is 12.4 Å². The molecule has 1 aromatic heterocycles. The fourth-order valence-corrected chi connectivity index (χ4v) is 4.30. The number of nitrogens with two attached hydrogens (primary N) is 2. The van der Waals surface area contributed by atoms with E-state index >= 15 is 0 Å². The molecule has 4 N–H and O–H groups in total. The number of hydrogen-bond acceptors (Lipinski definition) is 5. The Labute approximate surface area is 113 Å². The molecule has 4 rings (SSSR count). The standard InChI is InChI=1S/C14H21N5/c15-11-7-17-8-12(18-11)19-3-1-14(2-4-19)6-9-5-10(9)13(14)16/h7-10,13H,1-6,16H2,(H2,15,18)/t9?,10?,13-/m1/s1. The van der Waals surface area contributed by atoms with Crippen LogP contribution in [0.4, 0.5) is 11.6 Å². The van der Waals surface area contributed by atoms with Gasteiger partial charge in [-0.1, -0.05) is 0 Å². The number of aromatic nitrogens is 2. The molecule has 1 saturated heterocycles. The Morgan fingerprint density at radius 2 is 2.05 bits per heavy atom. The first-order chi connectivity index (χ1) is 9.18. The summed E-state index contributed by atoms with van der Waals surface area (Å²) >= 11 is 0. The minimum absolute atomic E-state index is 0.415. The monoisotopic (exact) mass is 259 g/mol. The van der Waals surface area contributed by atoms with E-state index < -0.39 is 0 Å². The number of hydrogen-bond donors (Lipinski definition) is 2. The second-order valence-corrected chi connectivity index (χ2v) is 6.54. The molecule has 3 fully saturated rings. The molecule has 2 aliphatic carbocycles. The molecule has 5 heteroatoms. The summed E-state index contributed by atoms with van der Waals surface area (Å²) in [5.41, 5.74) is 12.6. The Balaban J connectivity index is 1.48. The summed E-state index contributed by atoms with van der Waals surface area (Å²) in [5.74, 6) is 3.18. The summed E-state index contributed by atoms with van der Waals surface area (Å²) in [4.78, 5) is 10.8. The molecule has 1 spiro atoms. The molecule has 3 aliphatic rings. The second kappa shape index (κ2) is 3.82. The van der Waals surface area contributed by atoms with Crippen molar-refractivity contribution in [2.24, 2.45) is 23.0 Å². The molecule has 0 radical (unpaired) electrons. The lowest BCUT2D eigenvalue weighted by Crippen LogP contribution is -2.48. The zero-order valence-electron chi connectivity index (χ0n) is 11.1. The maximum absolute atomic E-state index is 6.47. The molecule has 2 heterocycles. The smallest absolute Gasteiger partial charge is 0.149 e. The summed E-state index contributed by atoms with van der Waals surface area (Å²) < 4.78 is 0. The van der Waals surface area contributed by atoms with Crippen molar-refractivity contribution < 1.29 is 0 Å². The van der Waals surface area contributed by atoms with Gasteiger partial charge in [0.15, 0.2) is 0 Å². The third-order valence-corrected chi connectivity index (χ3v) is 5.54. The van der Waals surface area contributed by atoms with Crippen LogP contribution in [0, 0.1) is 17.3 Å². The van der Waals surface area contributed by atoms with Crippen molar-refractivity contribution in [2.45, 2.75) is 31.7 Å². The number of nitrogens with zero attached hydrogens (tertiary/aromatic N) is 3. The summed E-state index contributed by atoms with van der Waals surface area (Å²) in [5, 5.41) is 0. The second-order valence-electron chi connectivity index (χ2n) is 6.54. The van der Waals surface area contributed by atoms with E-state index in [1.165, 1.54) is 25.7 Å². The quantitative estimate of drug-likeness (QED) is 0.786. The lowest BCUT2D eigenvalue weighted by atomic mass is 9.72. The van der Waals surface area contributed by atoms with E-state index in [-0.39, 0.29) is 0 Å². The van der Waals surface area contributed by atoms with E-state index in [0.717, 1.165) is 30.7 Å². The van der Waals surface area contributed by atoms with Crippen molar-refractivity contribution in [2.75, 3.05) is 23.7 Å². The van der Waals surface area contributed by atoms with Crippen LogP contribution in [-0.2, 0) is 0 Å². The minimum atomic E-state index is 0.415. The third kappa shape index (κ3) is 1.71. The Bertz CT molecular complexity index is 494. The Kier molecular flexibility index (Phi) is 2.31. The largest absolute Gasteiger partial charge is 0.382 e. The summed E-state index contributed by atoms with van der Waals surface area (Å²) in [7, 11) is 0.